The molecule has 92 valence electrons. The number of aromatic amines is 1. The lowest BCUT2D eigenvalue weighted by Gasteiger charge is -1.89. The minimum Gasteiger partial charge on any atom is -0.481 e. The van der Waals surface area contributed by atoms with Crippen molar-refractivity contribution in [3.63, 3.8) is 0 Å². The zero-order chi connectivity index (χ0) is 12.5. The van der Waals surface area contributed by atoms with Crippen LogP contribution in [0.5, 0.6) is 0 Å². The number of rotatable bonds is 4. The molecule has 0 fully saturated rings. The highest BCUT2D eigenvalue weighted by Crippen LogP contribution is 2.10. The zero-order valence-electron chi connectivity index (χ0n) is 9.51. The molecule has 0 spiro atoms. The molecule has 2 rings (SSSR count). The Kier molecular flexibility index (Phi) is 5.81. The summed E-state index contributed by atoms with van der Waals surface area (Å²) in [7, 11) is 1.84. The van der Waals surface area contributed by atoms with Crippen molar-refractivity contribution in [2.24, 2.45) is 0 Å². The average molecular weight is 253 g/mol. The summed E-state index contributed by atoms with van der Waals surface area (Å²) in [5, 5.41) is 13.2. The largest absolute Gasteiger partial charge is 0.481 e. The molecule has 0 radical (unpaired) electrons. The van der Waals surface area contributed by atoms with Crippen LogP contribution in [0.3, 0.4) is 0 Å². The minimum absolute atomic E-state index is 0.237. The second-order valence-electron chi connectivity index (χ2n) is 3.19. The lowest BCUT2D eigenvalue weighted by Crippen LogP contribution is -1.95. The molecule has 0 aromatic carbocycles. The first-order chi connectivity index (χ1) is 8.22. The van der Waals surface area contributed by atoms with Gasteiger partial charge in [0.05, 0.1) is 18.9 Å². The van der Waals surface area contributed by atoms with Crippen LogP contribution in [0.15, 0.2) is 30.0 Å². The standard InChI is InChI=1S/C7H8O2S.C4H7N3/c8-7(9)4-3-6-2-1-5-10-6;1-5-4-2-6-3-7-4/h1-2,5H,3-4H2,(H,8,9);2-3,5H,1H3,(H,6,7). The summed E-state index contributed by atoms with van der Waals surface area (Å²) in [5.74, 6) is 0.216. The van der Waals surface area contributed by atoms with E-state index in [1.54, 1.807) is 23.9 Å². The Hall–Kier alpha value is -1.82. The number of hydrogen-bond donors (Lipinski definition) is 3. The molecule has 0 atom stereocenters. The van der Waals surface area contributed by atoms with Crippen molar-refractivity contribution < 1.29 is 9.90 Å². The highest BCUT2D eigenvalue weighted by molar-refractivity contribution is 7.09. The topological polar surface area (TPSA) is 78.0 Å². The molecule has 0 saturated carbocycles. The summed E-state index contributed by atoms with van der Waals surface area (Å²) in [5.41, 5.74) is 0. The second kappa shape index (κ2) is 7.45. The summed E-state index contributed by atoms with van der Waals surface area (Å²) in [6.07, 6.45) is 4.25. The monoisotopic (exact) mass is 253 g/mol. The van der Waals surface area contributed by atoms with Crippen LogP contribution in [-0.4, -0.2) is 28.1 Å². The number of carbonyl (C=O) groups is 1. The highest BCUT2D eigenvalue weighted by Gasteiger charge is 1.98. The number of imidazole rings is 1. The fraction of sp³-hybridized carbons (Fsp3) is 0.273. The van der Waals surface area contributed by atoms with Gasteiger partial charge in [0.1, 0.15) is 5.82 Å². The number of anilines is 1. The molecule has 0 amide bonds. The maximum atomic E-state index is 10.1. The second-order valence-corrected chi connectivity index (χ2v) is 4.22. The molecule has 3 N–H and O–H groups in total. The number of thiophene rings is 1. The van der Waals surface area contributed by atoms with Crippen molar-refractivity contribution in [3.05, 3.63) is 34.9 Å². The lowest BCUT2D eigenvalue weighted by atomic mass is 10.3. The van der Waals surface area contributed by atoms with E-state index in [1.165, 1.54) is 0 Å². The molecule has 0 bridgehead atoms. The first-order valence-electron chi connectivity index (χ1n) is 5.12. The van der Waals surface area contributed by atoms with Crippen LogP contribution < -0.4 is 5.32 Å². The average Bonchev–Trinajstić information content (AvgIpc) is 3.00. The van der Waals surface area contributed by atoms with Gasteiger partial charge in [-0.05, 0) is 17.9 Å². The maximum absolute atomic E-state index is 10.1. The molecule has 17 heavy (non-hydrogen) atoms. The molecule has 0 aliphatic rings. The smallest absolute Gasteiger partial charge is 0.303 e. The number of H-pyrrole nitrogens is 1. The molecule has 2 aromatic heterocycles. The number of hydrogen-bond acceptors (Lipinski definition) is 4. The summed E-state index contributed by atoms with van der Waals surface area (Å²) in [6, 6.07) is 3.88. The van der Waals surface area contributed by atoms with Crippen molar-refractivity contribution in [3.8, 4) is 0 Å². The van der Waals surface area contributed by atoms with E-state index >= 15 is 0 Å². The van der Waals surface area contributed by atoms with E-state index in [0.717, 1.165) is 10.7 Å². The Morgan fingerprint density at radius 2 is 2.47 bits per heavy atom. The van der Waals surface area contributed by atoms with Gasteiger partial charge in [-0.1, -0.05) is 6.07 Å². The fourth-order valence-electron chi connectivity index (χ4n) is 1.08. The van der Waals surface area contributed by atoms with E-state index in [2.05, 4.69) is 15.3 Å². The number of carboxylic acids is 1. The molecule has 0 aliphatic heterocycles. The summed E-state index contributed by atoms with van der Waals surface area (Å²) < 4.78 is 0. The van der Waals surface area contributed by atoms with Crippen molar-refractivity contribution in [1.82, 2.24) is 9.97 Å². The van der Waals surface area contributed by atoms with Gasteiger partial charge in [0.25, 0.3) is 0 Å². The number of aryl methyl sites for hydroxylation is 1. The van der Waals surface area contributed by atoms with E-state index in [1.807, 2.05) is 24.6 Å². The molecular formula is C11H15N3O2S. The van der Waals surface area contributed by atoms with Crippen LogP contribution in [0.2, 0.25) is 0 Å². The van der Waals surface area contributed by atoms with Crippen LogP contribution in [0, 0.1) is 0 Å². The van der Waals surface area contributed by atoms with Crippen molar-refractivity contribution in [2.75, 3.05) is 12.4 Å². The Labute approximate surface area is 104 Å². The van der Waals surface area contributed by atoms with Gasteiger partial charge in [0, 0.05) is 11.9 Å². The van der Waals surface area contributed by atoms with E-state index in [9.17, 15) is 4.79 Å². The first kappa shape index (κ1) is 13.2. The summed E-state index contributed by atoms with van der Waals surface area (Å²) in [6.45, 7) is 0. The lowest BCUT2D eigenvalue weighted by molar-refractivity contribution is -0.136. The van der Waals surface area contributed by atoms with Gasteiger partial charge in [-0.25, -0.2) is 4.98 Å². The van der Waals surface area contributed by atoms with Crippen molar-refractivity contribution in [2.45, 2.75) is 12.8 Å². The first-order valence-corrected chi connectivity index (χ1v) is 6.00. The van der Waals surface area contributed by atoms with Crippen LogP contribution >= 0.6 is 11.3 Å². The third kappa shape index (κ3) is 5.72. The normalized spacial score (nSPS) is 9.24. The Bertz CT molecular complexity index is 412. The minimum atomic E-state index is -0.728. The maximum Gasteiger partial charge on any atom is 0.303 e. The molecule has 6 heteroatoms. The zero-order valence-corrected chi connectivity index (χ0v) is 10.3. The van der Waals surface area contributed by atoms with Crippen LogP contribution in [0.25, 0.3) is 0 Å². The number of aromatic nitrogens is 2. The van der Waals surface area contributed by atoms with E-state index < -0.39 is 5.97 Å². The number of carboxylic acid groups (broad SMARTS) is 1. The third-order valence-electron chi connectivity index (χ3n) is 1.93. The van der Waals surface area contributed by atoms with Gasteiger partial charge in [-0.2, -0.15) is 0 Å². The molecule has 2 heterocycles. The van der Waals surface area contributed by atoms with Crippen molar-refractivity contribution >= 4 is 23.1 Å². The number of nitrogens with one attached hydrogen (secondary N) is 2. The van der Waals surface area contributed by atoms with Crippen LogP contribution in [-0.2, 0) is 11.2 Å². The third-order valence-corrected chi connectivity index (χ3v) is 2.87. The molecule has 0 saturated heterocycles. The SMILES string of the molecule is CNc1cnc[nH]1.O=C(O)CCc1cccs1. The van der Waals surface area contributed by atoms with Crippen LogP contribution in [0.4, 0.5) is 5.82 Å². The molecule has 0 aliphatic carbocycles. The van der Waals surface area contributed by atoms with E-state index in [4.69, 9.17) is 5.11 Å². The quantitative estimate of drug-likeness (QED) is 0.780. The summed E-state index contributed by atoms with van der Waals surface area (Å²) in [4.78, 5) is 17.9. The van der Waals surface area contributed by atoms with E-state index in [-0.39, 0.29) is 6.42 Å². The molecule has 2 aromatic rings. The predicted molar refractivity (Wildman–Crippen MR) is 68.4 cm³/mol. The number of aliphatic carboxylic acids is 1. The molecule has 0 unspecified atom stereocenters. The van der Waals surface area contributed by atoms with Gasteiger partial charge in [-0.15, -0.1) is 11.3 Å². The molecule has 5 nitrogen and oxygen atoms in total. The van der Waals surface area contributed by atoms with Gasteiger partial charge in [0.2, 0.25) is 0 Å². The van der Waals surface area contributed by atoms with Crippen LogP contribution in [0.1, 0.15) is 11.3 Å². The Balaban J connectivity index is 0.000000181. The van der Waals surface area contributed by atoms with Gasteiger partial charge >= 0.3 is 5.97 Å². The van der Waals surface area contributed by atoms with Gasteiger partial charge < -0.3 is 15.4 Å². The van der Waals surface area contributed by atoms with Crippen molar-refractivity contribution in [1.29, 1.82) is 0 Å². The Morgan fingerprint density at radius 3 is 2.88 bits per heavy atom. The predicted octanol–water partition coefficient (Wildman–Crippen LogP) is 2.22. The Morgan fingerprint density at radius 1 is 1.65 bits per heavy atom. The van der Waals surface area contributed by atoms with Gasteiger partial charge in [-0.3, -0.25) is 4.79 Å². The molecular weight excluding hydrogens is 238 g/mol. The van der Waals surface area contributed by atoms with E-state index in [0.29, 0.717) is 6.42 Å². The highest BCUT2D eigenvalue weighted by atomic mass is 32.1. The fourth-order valence-corrected chi connectivity index (χ4v) is 1.79. The number of nitrogens with zero attached hydrogens (tertiary/aromatic N) is 1. The van der Waals surface area contributed by atoms with Gasteiger partial charge in [0.15, 0.2) is 0 Å². The summed E-state index contributed by atoms with van der Waals surface area (Å²) >= 11 is 1.60.